The first kappa shape index (κ1) is 20.3. The Morgan fingerprint density at radius 3 is 2.43 bits per heavy atom. The molecule has 3 aromatic rings. The van der Waals surface area contributed by atoms with Crippen molar-refractivity contribution in [1.29, 1.82) is 5.26 Å². The minimum atomic E-state index is -4.76. The summed E-state index contributed by atoms with van der Waals surface area (Å²) in [6, 6.07) is 17.1. The molecule has 0 bridgehead atoms. The summed E-state index contributed by atoms with van der Waals surface area (Å²) in [7, 11) is -9.19. The summed E-state index contributed by atoms with van der Waals surface area (Å²) in [5.74, 6) is 0. The first-order valence-electron chi connectivity index (χ1n) is 7.87. The highest BCUT2D eigenvalue weighted by Crippen LogP contribution is 2.41. The van der Waals surface area contributed by atoms with Crippen LogP contribution in [0.15, 0.2) is 65.6 Å². The summed E-state index contributed by atoms with van der Waals surface area (Å²) in [5.41, 5.74) is 0.125. The van der Waals surface area contributed by atoms with Crippen molar-refractivity contribution in [3.63, 3.8) is 0 Å². The number of halogens is 1. The number of hydrogen-bond donors (Lipinski definition) is 2. The Morgan fingerprint density at radius 2 is 1.75 bits per heavy atom. The van der Waals surface area contributed by atoms with E-state index in [1.54, 1.807) is 36.4 Å². The second-order valence-corrected chi connectivity index (χ2v) is 9.86. The standard InChI is InChI=1S/C18H14ClN2O5PS/c19-15-8-13(11-20)9-16(10-15)28(25,26)21(12-27(22,23)24)18-7-3-5-14-4-1-2-6-17(14)18/h1-10H,12H2,(H2,22,23,24). The number of nitrogens with zero attached hydrogens (tertiary/aromatic N) is 2. The Morgan fingerprint density at radius 1 is 1.07 bits per heavy atom. The van der Waals surface area contributed by atoms with Gasteiger partial charge < -0.3 is 9.79 Å². The molecule has 0 amide bonds. The van der Waals surface area contributed by atoms with Gasteiger partial charge in [0.2, 0.25) is 0 Å². The Bertz CT molecular complexity index is 1250. The molecule has 0 aromatic heterocycles. The molecule has 0 fully saturated rings. The summed E-state index contributed by atoms with van der Waals surface area (Å²) < 4.78 is 39.0. The molecule has 2 N–H and O–H groups in total. The second-order valence-electron chi connectivity index (χ2n) is 5.95. The van der Waals surface area contributed by atoms with Crippen LogP contribution in [0.4, 0.5) is 5.69 Å². The molecular weight excluding hydrogens is 423 g/mol. The molecular formula is C18H14ClN2O5PS. The Labute approximate surface area is 166 Å². The average Bonchev–Trinajstić information content (AvgIpc) is 2.64. The van der Waals surface area contributed by atoms with Crippen LogP contribution < -0.4 is 4.31 Å². The van der Waals surface area contributed by atoms with E-state index in [-0.39, 0.29) is 21.2 Å². The number of anilines is 1. The van der Waals surface area contributed by atoms with Crippen LogP contribution in [0.25, 0.3) is 10.8 Å². The van der Waals surface area contributed by atoms with E-state index in [0.29, 0.717) is 15.1 Å². The number of benzene rings is 3. The van der Waals surface area contributed by atoms with Crippen molar-refractivity contribution in [2.75, 3.05) is 10.6 Å². The van der Waals surface area contributed by atoms with Crippen LogP contribution in [0.1, 0.15) is 5.56 Å². The van der Waals surface area contributed by atoms with Gasteiger partial charge in [0.05, 0.1) is 22.2 Å². The van der Waals surface area contributed by atoms with Crippen LogP contribution in [-0.2, 0) is 14.6 Å². The quantitative estimate of drug-likeness (QED) is 0.589. The lowest BCUT2D eigenvalue weighted by Gasteiger charge is -2.26. The molecule has 0 aliphatic rings. The molecule has 0 aliphatic heterocycles. The first-order chi connectivity index (χ1) is 13.1. The van der Waals surface area contributed by atoms with Gasteiger partial charge in [-0.1, -0.05) is 48.0 Å². The summed E-state index contributed by atoms with van der Waals surface area (Å²) in [4.78, 5) is 18.7. The topological polar surface area (TPSA) is 119 Å². The number of sulfonamides is 1. The molecule has 0 aliphatic carbocycles. The Hall–Kier alpha value is -2.40. The smallest absolute Gasteiger partial charge is 0.323 e. The molecule has 0 unspecified atom stereocenters. The normalized spacial score (nSPS) is 11.9. The fourth-order valence-electron chi connectivity index (χ4n) is 2.78. The van der Waals surface area contributed by atoms with E-state index in [2.05, 4.69) is 0 Å². The van der Waals surface area contributed by atoms with E-state index in [4.69, 9.17) is 16.9 Å². The maximum Gasteiger partial charge on any atom is 0.345 e. The zero-order valence-electron chi connectivity index (χ0n) is 14.2. The lowest BCUT2D eigenvalue weighted by Crippen LogP contribution is -2.32. The molecule has 7 nitrogen and oxygen atoms in total. The lowest BCUT2D eigenvalue weighted by molar-refractivity contribution is 0.373. The third kappa shape index (κ3) is 4.20. The summed E-state index contributed by atoms with van der Waals surface area (Å²) >= 11 is 5.93. The molecule has 10 heteroatoms. The van der Waals surface area contributed by atoms with E-state index in [9.17, 15) is 22.8 Å². The zero-order chi connectivity index (χ0) is 20.5. The van der Waals surface area contributed by atoms with Gasteiger partial charge >= 0.3 is 7.60 Å². The molecule has 0 spiro atoms. The highest BCUT2D eigenvalue weighted by Gasteiger charge is 2.32. The third-order valence-corrected chi connectivity index (χ3v) is 6.73. The molecule has 3 aromatic carbocycles. The van der Waals surface area contributed by atoms with Gasteiger partial charge in [-0.25, -0.2) is 8.42 Å². The van der Waals surface area contributed by atoms with Gasteiger partial charge in [0.25, 0.3) is 10.0 Å². The number of fused-ring (bicyclic) bond motifs is 1. The van der Waals surface area contributed by atoms with Crippen molar-refractivity contribution in [3.05, 3.63) is 71.2 Å². The number of nitriles is 1. The van der Waals surface area contributed by atoms with Crippen LogP contribution in [-0.4, -0.2) is 24.5 Å². The highest BCUT2D eigenvalue weighted by molar-refractivity contribution is 7.93. The maximum atomic E-state index is 13.3. The van der Waals surface area contributed by atoms with Crippen LogP contribution in [0.3, 0.4) is 0 Å². The van der Waals surface area contributed by atoms with Crippen molar-refractivity contribution in [2.45, 2.75) is 4.90 Å². The lowest BCUT2D eigenvalue weighted by atomic mass is 10.1. The fourth-order valence-corrected chi connectivity index (χ4v) is 5.85. The Balaban J connectivity index is 2.27. The Kier molecular flexibility index (Phi) is 5.48. The summed E-state index contributed by atoms with van der Waals surface area (Å²) in [6.45, 7) is 0. The molecule has 0 saturated heterocycles. The van der Waals surface area contributed by atoms with Crippen molar-refractivity contribution in [1.82, 2.24) is 0 Å². The van der Waals surface area contributed by atoms with E-state index >= 15 is 0 Å². The zero-order valence-corrected chi connectivity index (χ0v) is 16.7. The largest absolute Gasteiger partial charge is 0.345 e. The van der Waals surface area contributed by atoms with E-state index in [1.165, 1.54) is 12.1 Å². The molecule has 3 rings (SSSR count). The van der Waals surface area contributed by atoms with Crippen molar-refractivity contribution in [3.8, 4) is 6.07 Å². The van der Waals surface area contributed by atoms with Gasteiger partial charge in [-0.15, -0.1) is 0 Å². The second kappa shape index (κ2) is 7.55. The first-order valence-corrected chi connectivity index (χ1v) is 11.5. The number of rotatable bonds is 5. The van der Waals surface area contributed by atoms with Crippen molar-refractivity contribution >= 4 is 45.7 Å². The van der Waals surface area contributed by atoms with Gasteiger partial charge in [0, 0.05) is 10.4 Å². The van der Waals surface area contributed by atoms with Crippen LogP contribution >= 0.6 is 19.2 Å². The van der Waals surface area contributed by atoms with Crippen LogP contribution in [0, 0.1) is 11.3 Å². The van der Waals surface area contributed by atoms with Crippen molar-refractivity contribution < 1.29 is 22.8 Å². The molecule has 28 heavy (non-hydrogen) atoms. The van der Waals surface area contributed by atoms with Crippen LogP contribution in [0.5, 0.6) is 0 Å². The number of hydrogen-bond acceptors (Lipinski definition) is 4. The van der Waals surface area contributed by atoms with Gasteiger partial charge in [0.1, 0.15) is 6.29 Å². The summed E-state index contributed by atoms with van der Waals surface area (Å²) in [6.07, 6.45) is -1.06. The SMILES string of the molecule is N#Cc1cc(Cl)cc(S(=O)(=O)N(CP(=O)(O)O)c2cccc3ccccc23)c1. The van der Waals surface area contributed by atoms with Gasteiger partial charge in [-0.05, 0) is 29.7 Å². The molecule has 144 valence electrons. The van der Waals surface area contributed by atoms with Crippen LogP contribution in [0.2, 0.25) is 5.02 Å². The monoisotopic (exact) mass is 436 g/mol. The molecule has 0 atom stereocenters. The summed E-state index contributed by atoms with van der Waals surface area (Å²) in [5, 5.41) is 10.3. The minimum absolute atomic E-state index is 0.0140. The average molecular weight is 437 g/mol. The van der Waals surface area contributed by atoms with E-state index in [1.807, 2.05) is 6.07 Å². The van der Waals surface area contributed by atoms with Gasteiger partial charge in [0.15, 0.2) is 0 Å². The van der Waals surface area contributed by atoms with E-state index in [0.717, 1.165) is 12.1 Å². The predicted molar refractivity (Wildman–Crippen MR) is 107 cm³/mol. The predicted octanol–water partition coefficient (Wildman–Crippen LogP) is 3.70. The van der Waals surface area contributed by atoms with E-state index < -0.39 is 23.9 Å². The molecule has 0 heterocycles. The molecule has 0 radical (unpaired) electrons. The van der Waals surface area contributed by atoms with Crippen molar-refractivity contribution in [2.24, 2.45) is 0 Å². The fraction of sp³-hybridized carbons (Fsp3) is 0.0556. The van der Waals surface area contributed by atoms with Gasteiger partial charge in [-0.2, -0.15) is 5.26 Å². The van der Waals surface area contributed by atoms with Gasteiger partial charge in [-0.3, -0.25) is 8.87 Å². The molecule has 0 saturated carbocycles. The highest BCUT2D eigenvalue weighted by atomic mass is 35.5. The minimum Gasteiger partial charge on any atom is -0.323 e. The maximum absolute atomic E-state index is 13.3. The third-order valence-electron chi connectivity index (χ3n) is 3.94.